The van der Waals surface area contributed by atoms with Gasteiger partial charge in [0, 0.05) is 18.2 Å². The van der Waals surface area contributed by atoms with Crippen LogP contribution < -0.4 is 5.73 Å². The highest BCUT2D eigenvalue weighted by Crippen LogP contribution is 2.23. The molecule has 0 aliphatic rings. The average molecular weight is 190 g/mol. The Morgan fingerprint density at radius 1 is 1.36 bits per heavy atom. The molecule has 1 aromatic carbocycles. The highest BCUT2D eigenvalue weighted by atomic mass is 16.5. The van der Waals surface area contributed by atoms with Crippen molar-refractivity contribution in [2.45, 2.75) is 6.54 Å². The Hall–Kier alpha value is -1.81. The first kappa shape index (κ1) is 8.77. The molecular weight excluding hydrogens is 180 g/mol. The molecule has 0 fully saturated rings. The lowest BCUT2D eigenvalue weighted by Gasteiger charge is -1.95. The normalized spacial score (nSPS) is 10.4. The van der Waals surface area contributed by atoms with Crippen LogP contribution in [0.15, 0.2) is 34.9 Å². The average Bonchev–Trinajstić information content (AvgIpc) is 2.66. The summed E-state index contributed by atoms with van der Waals surface area (Å²) in [7, 11) is 0. The molecule has 2 rings (SSSR count). The van der Waals surface area contributed by atoms with Crippen LogP contribution in [0.1, 0.15) is 5.69 Å². The maximum atomic E-state index is 9.25. The van der Waals surface area contributed by atoms with Gasteiger partial charge in [0.05, 0.1) is 5.69 Å². The van der Waals surface area contributed by atoms with Crippen LogP contribution in [-0.2, 0) is 6.54 Å². The fraction of sp³-hybridized carbons (Fsp3) is 0.100. The van der Waals surface area contributed by atoms with E-state index in [1.165, 1.54) is 0 Å². The standard InChI is InChI=1S/C10H10N2O2/c11-6-8-5-10(14-12-8)7-2-1-3-9(13)4-7/h1-5,13H,6,11H2. The van der Waals surface area contributed by atoms with E-state index in [4.69, 9.17) is 10.3 Å². The predicted molar refractivity (Wildman–Crippen MR) is 51.5 cm³/mol. The first-order valence-corrected chi connectivity index (χ1v) is 4.24. The number of nitrogens with zero attached hydrogens (tertiary/aromatic N) is 1. The van der Waals surface area contributed by atoms with Gasteiger partial charge in [0.1, 0.15) is 5.75 Å². The van der Waals surface area contributed by atoms with E-state index in [1.807, 2.05) is 6.07 Å². The van der Waals surface area contributed by atoms with Crippen molar-refractivity contribution in [2.75, 3.05) is 0 Å². The minimum Gasteiger partial charge on any atom is -0.508 e. The molecule has 3 N–H and O–H groups in total. The van der Waals surface area contributed by atoms with Gasteiger partial charge >= 0.3 is 0 Å². The highest BCUT2D eigenvalue weighted by Gasteiger charge is 2.05. The summed E-state index contributed by atoms with van der Waals surface area (Å²) in [5, 5.41) is 13.0. The third kappa shape index (κ3) is 1.60. The Labute approximate surface area is 81.0 Å². The van der Waals surface area contributed by atoms with Crippen LogP contribution >= 0.6 is 0 Å². The second-order valence-corrected chi connectivity index (χ2v) is 2.94. The quantitative estimate of drug-likeness (QED) is 0.752. The Balaban J connectivity index is 2.39. The number of rotatable bonds is 2. The SMILES string of the molecule is NCc1cc(-c2cccc(O)c2)on1. The van der Waals surface area contributed by atoms with Crippen molar-refractivity contribution in [3.05, 3.63) is 36.0 Å². The fourth-order valence-corrected chi connectivity index (χ4v) is 1.20. The lowest BCUT2D eigenvalue weighted by atomic mass is 10.1. The lowest BCUT2D eigenvalue weighted by Crippen LogP contribution is -1.94. The molecule has 72 valence electrons. The van der Waals surface area contributed by atoms with Gasteiger partial charge in [0.25, 0.3) is 0 Å². The van der Waals surface area contributed by atoms with Crippen molar-refractivity contribution in [1.29, 1.82) is 0 Å². The molecule has 0 saturated heterocycles. The molecule has 14 heavy (non-hydrogen) atoms. The Morgan fingerprint density at radius 2 is 2.21 bits per heavy atom. The summed E-state index contributed by atoms with van der Waals surface area (Å²) in [6.07, 6.45) is 0. The molecule has 0 atom stereocenters. The monoisotopic (exact) mass is 190 g/mol. The molecule has 2 aromatic rings. The molecule has 0 aliphatic heterocycles. The summed E-state index contributed by atoms with van der Waals surface area (Å²) < 4.78 is 5.06. The van der Waals surface area contributed by atoms with Crippen LogP contribution in [0, 0.1) is 0 Å². The van der Waals surface area contributed by atoms with E-state index in [9.17, 15) is 5.11 Å². The van der Waals surface area contributed by atoms with Crippen LogP contribution in [0.4, 0.5) is 0 Å². The molecule has 1 heterocycles. The molecule has 4 heteroatoms. The zero-order chi connectivity index (χ0) is 9.97. The van der Waals surface area contributed by atoms with Gasteiger partial charge in [-0.3, -0.25) is 0 Å². The van der Waals surface area contributed by atoms with Crippen molar-refractivity contribution in [3.63, 3.8) is 0 Å². The lowest BCUT2D eigenvalue weighted by molar-refractivity contribution is 0.423. The van der Waals surface area contributed by atoms with E-state index < -0.39 is 0 Å². The summed E-state index contributed by atoms with van der Waals surface area (Å²) in [6, 6.07) is 8.55. The van der Waals surface area contributed by atoms with Gasteiger partial charge < -0.3 is 15.4 Å². The zero-order valence-electron chi connectivity index (χ0n) is 7.47. The minimum atomic E-state index is 0.202. The van der Waals surface area contributed by atoms with Crippen LogP contribution in [0.2, 0.25) is 0 Å². The van der Waals surface area contributed by atoms with E-state index in [2.05, 4.69) is 5.16 Å². The second kappa shape index (κ2) is 3.51. The Kier molecular flexibility index (Phi) is 2.20. The molecule has 0 unspecified atom stereocenters. The highest BCUT2D eigenvalue weighted by molar-refractivity contribution is 5.59. The molecule has 0 amide bonds. The predicted octanol–water partition coefficient (Wildman–Crippen LogP) is 1.51. The van der Waals surface area contributed by atoms with Gasteiger partial charge in [-0.2, -0.15) is 0 Å². The Bertz CT molecular complexity index is 437. The van der Waals surface area contributed by atoms with Crippen molar-refractivity contribution in [1.82, 2.24) is 5.16 Å². The van der Waals surface area contributed by atoms with Gasteiger partial charge in [0.2, 0.25) is 0 Å². The number of phenols is 1. The van der Waals surface area contributed by atoms with Gasteiger partial charge in [0.15, 0.2) is 5.76 Å². The van der Waals surface area contributed by atoms with Crippen LogP contribution in [0.25, 0.3) is 11.3 Å². The Morgan fingerprint density at radius 3 is 2.86 bits per heavy atom. The molecule has 4 nitrogen and oxygen atoms in total. The van der Waals surface area contributed by atoms with Crippen LogP contribution in [0.5, 0.6) is 5.75 Å². The number of nitrogens with two attached hydrogens (primary N) is 1. The number of benzene rings is 1. The molecular formula is C10H10N2O2. The topological polar surface area (TPSA) is 72.3 Å². The summed E-state index contributed by atoms with van der Waals surface area (Å²) in [4.78, 5) is 0. The number of aromatic nitrogens is 1. The summed E-state index contributed by atoms with van der Waals surface area (Å²) in [5.41, 5.74) is 6.89. The molecule has 1 aromatic heterocycles. The molecule has 0 aliphatic carbocycles. The minimum absolute atomic E-state index is 0.202. The summed E-state index contributed by atoms with van der Waals surface area (Å²) in [5.74, 6) is 0.814. The number of hydrogen-bond acceptors (Lipinski definition) is 4. The molecule has 0 spiro atoms. The van der Waals surface area contributed by atoms with Gasteiger partial charge in [-0.15, -0.1) is 0 Å². The van der Waals surface area contributed by atoms with Gasteiger partial charge in [-0.1, -0.05) is 17.3 Å². The zero-order valence-corrected chi connectivity index (χ0v) is 7.47. The van der Waals surface area contributed by atoms with Crippen molar-refractivity contribution in [2.24, 2.45) is 5.73 Å². The van der Waals surface area contributed by atoms with E-state index in [0.29, 0.717) is 18.0 Å². The second-order valence-electron chi connectivity index (χ2n) is 2.94. The largest absolute Gasteiger partial charge is 0.508 e. The molecule has 0 saturated carbocycles. The smallest absolute Gasteiger partial charge is 0.167 e. The summed E-state index contributed by atoms with van der Waals surface area (Å²) in [6.45, 7) is 0.350. The molecule has 0 bridgehead atoms. The van der Waals surface area contributed by atoms with E-state index >= 15 is 0 Å². The van der Waals surface area contributed by atoms with Crippen molar-refractivity contribution in [3.8, 4) is 17.1 Å². The number of phenolic OH excluding ortho intramolecular Hbond substituents is 1. The fourth-order valence-electron chi connectivity index (χ4n) is 1.20. The van der Waals surface area contributed by atoms with E-state index in [1.54, 1.807) is 24.3 Å². The van der Waals surface area contributed by atoms with Gasteiger partial charge in [-0.25, -0.2) is 0 Å². The summed E-state index contributed by atoms with van der Waals surface area (Å²) >= 11 is 0. The van der Waals surface area contributed by atoms with Gasteiger partial charge in [-0.05, 0) is 12.1 Å². The van der Waals surface area contributed by atoms with Crippen molar-refractivity contribution < 1.29 is 9.63 Å². The van der Waals surface area contributed by atoms with E-state index in [0.717, 1.165) is 5.56 Å². The first-order valence-electron chi connectivity index (χ1n) is 4.24. The maximum absolute atomic E-state index is 9.25. The van der Waals surface area contributed by atoms with E-state index in [-0.39, 0.29) is 5.75 Å². The third-order valence-corrected chi connectivity index (χ3v) is 1.90. The van der Waals surface area contributed by atoms with Crippen LogP contribution in [-0.4, -0.2) is 10.3 Å². The van der Waals surface area contributed by atoms with Crippen LogP contribution in [0.3, 0.4) is 0 Å². The number of aromatic hydroxyl groups is 1. The first-order chi connectivity index (χ1) is 6.79. The number of hydrogen-bond donors (Lipinski definition) is 2. The third-order valence-electron chi connectivity index (χ3n) is 1.90. The molecule has 0 radical (unpaired) electrons. The maximum Gasteiger partial charge on any atom is 0.167 e. The van der Waals surface area contributed by atoms with Crippen molar-refractivity contribution >= 4 is 0 Å².